The van der Waals surface area contributed by atoms with Gasteiger partial charge in [-0.25, -0.2) is 9.59 Å². The Kier molecular flexibility index (Phi) is 7.66. The Labute approximate surface area is 193 Å². The monoisotopic (exact) mass is 448 g/mol. The van der Waals surface area contributed by atoms with E-state index in [9.17, 15) is 14.8 Å². The number of hydrogen-bond donors (Lipinski definition) is 1. The normalized spacial score (nSPS) is 14.7. The molecule has 0 bridgehead atoms. The van der Waals surface area contributed by atoms with Crippen LogP contribution in [0.4, 0.5) is 5.69 Å². The van der Waals surface area contributed by atoms with Crippen LogP contribution in [0.15, 0.2) is 77.1 Å². The highest BCUT2D eigenvalue weighted by atomic mass is 16.5. The maximum absolute atomic E-state index is 12.9. The second-order valence-corrected chi connectivity index (χ2v) is 7.54. The summed E-state index contributed by atoms with van der Waals surface area (Å²) in [6.07, 6.45) is 1.47. The lowest BCUT2D eigenvalue weighted by molar-refractivity contribution is -0.354. The molecule has 0 aromatic heterocycles. The van der Waals surface area contributed by atoms with Gasteiger partial charge in [0.1, 0.15) is 0 Å². The van der Waals surface area contributed by atoms with E-state index in [1.54, 1.807) is 52.0 Å². The minimum atomic E-state index is -0.741. The molecule has 0 atom stereocenters. The van der Waals surface area contributed by atoms with Crippen LogP contribution in [-0.4, -0.2) is 36.1 Å². The molecule has 1 heterocycles. The third kappa shape index (κ3) is 5.31. The largest absolute Gasteiger partial charge is 0.618 e. The zero-order valence-electron chi connectivity index (χ0n) is 19.3. The number of nitrogens with one attached hydrogen (secondary N) is 1. The van der Waals surface area contributed by atoms with Gasteiger partial charge in [-0.3, -0.25) is 0 Å². The maximum atomic E-state index is 12.9. The van der Waals surface area contributed by atoms with Crippen molar-refractivity contribution < 1.29 is 23.8 Å². The molecule has 0 saturated heterocycles. The first-order valence-electron chi connectivity index (χ1n) is 10.9. The molecule has 1 aliphatic heterocycles. The lowest BCUT2D eigenvalue weighted by Gasteiger charge is -2.30. The molecule has 1 N–H and O–H groups in total. The van der Waals surface area contributed by atoms with Gasteiger partial charge < -0.3 is 20.0 Å². The Hall–Kier alpha value is -3.87. The molecule has 0 fully saturated rings. The average molecular weight is 449 g/mol. The summed E-state index contributed by atoms with van der Waals surface area (Å²) in [5, 5.41) is 16.0. The van der Waals surface area contributed by atoms with Crippen molar-refractivity contribution >= 4 is 23.8 Å². The average Bonchev–Trinajstić information content (AvgIpc) is 2.79. The molecule has 0 amide bonds. The van der Waals surface area contributed by atoms with Gasteiger partial charge in [-0.1, -0.05) is 30.3 Å². The predicted octanol–water partition coefficient (Wildman–Crippen LogP) is 4.31. The van der Waals surface area contributed by atoms with Gasteiger partial charge in [-0.15, -0.1) is 0 Å². The van der Waals surface area contributed by atoms with Gasteiger partial charge in [0.25, 0.3) is 0 Å². The molecule has 0 saturated carbocycles. The third-order valence-electron chi connectivity index (χ3n) is 5.27. The van der Waals surface area contributed by atoms with Gasteiger partial charge in [0.05, 0.1) is 30.3 Å². The first-order valence-corrected chi connectivity index (χ1v) is 10.9. The fourth-order valence-electron chi connectivity index (χ4n) is 3.88. The number of dihydropyridines is 1. The lowest BCUT2D eigenvalue weighted by Crippen LogP contribution is -2.32. The first kappa shape index (κ1) is 23.8. The maximum Gasteiger partial charge on any atom is 0.336 e. The Morgan fingerprint density at radius 1 is 0.939 bits per heavy atom. The van der Waals surface area contributed by atoms with Crippen molar-refractivity contribution in [1.82, 2.24) is 5.32 Å². The summed E-state index contributed by atoms with van der Waals surface area (Å²) in [6, 6.07) is 16.1. The van der Waals surface area contributed by atoms with Crippen molar-refractivity contribution in [3.05, 3.63) is 93.5 Å². The smallest absolute Gasteiger partial charge is 0.336 e. The number of rotatable bonds is 7. The Morgan fingerprint density at radius 2 is 1.52 bits per heavy atom. The molecular formula is C26H28N2O5. The molecule has 0 unspecified atom stereocenters. The number of ether oxygens (including phenoxy) is 2. The van der Waals surface area contributed by atoms with Crippen LogP contribution in [0.5, 0.6) is 0 Å². The van der Waals surface area contributed by atoms with Crippen LogP contribution in [0.1, 0.15) is 44.7 Å². The Morgan fingerprint density at radius 3 is 2.06 bits per heavy atom. The molecule has 172 valence electrons. The Balaban J connectivity index is 2.13. The summed E-state index contributed by atoms with van der Waals surface area (Å²) >= 11 is 0. The molecule has 0 radical (unpaired) electrons. The van der Waals surface area contributed by atoms with E-state index in [1.807, 2.05) is 30.3 Å². The number of hydrogen-bond acceptors (Lipinski definition) is 6. The van der Waals surface area contributed by atoms with E-state index >= 15 is 0 Å². The Bertz CT molecular complexity index is 1090. The van der Waals surface area contributed by atoms with Crippen LogP contribution in [-0.2, 0) is 19.1 Å². The molecule has 2 aromatic carbocycles. The van der Waals surface area contributed by atoms with E-state index in [-0.39, 0.29) is 13.2 Å². The van der Waals surface area contributed by atoms with Crippen molar-refractivity contribution in [2.24, 2.45) is 0 Å². The van der Waals surface area contributed by atoms with E-state index in [2.05, 4.69) is 5.32 Å². The van der Waals surface area contributed by atoms with Gasteiger partial charge in [-0.05, 0) is 45.4 Å². The zero-order chi connectivity index (χ0) is 24.0. The van der Waals surface area contributed by atoms with Crippen molar-refractivity contribution in [3.8, 4) is 0 Å². The van der Waals surface area contributed by atoms with E-state index in [4.69, 9.17) is 9.47 Å². The fourth-order valence-corrected chi connectivity index (χ4v) is 3.88. The van der Waals surface area contributed by atoms with E-state index in [1.165, 1.54) is 6.21 Å². The van der Waals surface area contributed by atoms with Gasteiger partial charge in [-0.2, -0.15) is 4.74 Å². The van der Waals surface area contributed by atoms with Crippen molar-refractivity contribution in [2.45, 2.75) is 33.6 Å². The minimum Gasteiger partial charge on any atom is -0.618 e. The van der Waals surface area contributed by atoms with E-state index in [0.717, 1.165) is 10.3 Å². The summed E-state index contributed by atoms with van der Waals surface area (Å²) < 4.78 is 11.4. The summed E-state index contributed by atoms with van der Waals surface area (Å²) in [5.41, 5.74) is 3.54. The van der Waals surface area contributed by atoms with Crippen LogP contribution >= 0.6 is 0 Å². The molecule has 1 aliphatic rings. The minimum absolute atomic E-state index is 0.195. The summed E-state index contributed by atoms with van der Waals surface area (Å²) in [7, 11) is 0. The molecule has 0 aliphatic carbocycles. The number of esters is 2. The summed E-state index contributed by atoms with van der Waals surface area (Å²) in [6.45, 7) is 7.36. The van der Waals surface area contributed by atoms with Crippen LogP contribution in [0, 0.1) is 5.21 Å². The van der Waals surface area contributed by atoms with Crippen LogP contribution in [0.3, 0.4) is 0 Å². The molecule has 0 spiro atoms. The van der Waals surface area contributed by atoms with Gasteiger partial charge >= 0.3 is 11.9 Å². The van der Waals surface area contributed by atoms with Gasteiger partial charge in [0.15, 0.2) is 6.21 Å². The van der Waals surface area contributed by atoms with E-state index < -0.39 is 17.9 Å². The molecule has 7 heteroatoms. The molecule has 3 rings (SSSR count). The molecule has 33 heavy (non-hydrogen) atoms. The number of allylic oxidation sites excluding steroid dienone is 2. The molecule has 7 nitrogen and oxygen atoms in total. The highest BCUT2D eigenvalue weighted by molar-refractivity contribution is 6.00. The van der Waals surface area contributed by atoms with Gasteiger partial charge in [0.2, 0.25) is 5.69 Å². The number of carbonyl (C=O) groups is 2. The third-order valence-corrected chi connectivity index (χ3v) is 5.27. The zero-order valence-corrected chi connectivity index (χ0v) is 19.3. The van der Waals surface area contributed by atoms with Crippen LogP contribution < -0.4 is 5.32 Å². The molecular weight excluding hydrogens is 420 g/mol. The molecule has 2 aromatic rings. The van der Waals surface area contributed by atoms with Crippen molar-refractivity contribution in [3.63, 3.8) is 0 Å². The van der Waals surface area contributed by atoms with Gasteiger partial charge in [0, 0.05) is 29.1 Å². The lowest BCUT2D eigenvalue weighted by atomic mass is 9.80. The standard InChI is InChI=1S/C26H28N2O5/c1-5-32-25(29)22-17(3)27-18(4)23(26(30)33-6-2)24(22)20-13-10-14-21(15-20)28(31)16-19-11-8-7-9-12-19/h7-16,24,27H,5-6H2,1-4H3/b28-16-. The topological polar surface area (TPSA) is 90.7 Å². The predicted molar refractivity (Wildman–Crippen MR) is 126 cm³/mol. The SMILES string of the molecule is CCOC(=O)C1=C(C)NC(C)=C(C(=O)OCC)C1c1cccc(/[N+]([O-])=C/c2ccccc2)c1. The second kappa shape index (κ2) is 10.6. The van der Waals surface area contributed by atoms with Crippen LogP contribution in [0.2, 0.25) is 0 Å². The first-order chi connectivity index (χ1) is 15.9. The number of benzene rings is 2. The quantitative estimate of drug-likeness (QED) is 0.223. The summed E-state index contributed by atoms with van der Waals surface area (Å²) in [5.74, 6) is -1.79. The second-order valence-electron chi connectivity index (χ2n) is 7.54. The highest BCUT2D eigenvalue weighted by Crippen LogP contribution is 2.40. The fraction of sp³-hybridized carbons (Fsp3) is 0.269. The van der Waals surface area contributed by atoms with Crippen LogP contribution in [0.25, 0.3) is 0 Å². The summed E-state index contributed by atoms with van der Waals surface area (Å²) in [4.78, 5) is 25.8. The van der Waals surface area contributed by atoms with Crippen molar-refractivity contribution in [1.29, 1.82) is 0 Å². The number of carbonyl (C=O) groups excluding carboxylic acids is 2. The van der Waals surface area contributed by atoms with E-state index in [0.29, 0.717) is 33.8 Å². The number of nitrogens with zero attached hydrogens (tertiary/aromatic N) is 1. The van der Waals surface area contributed by atoms with Crippen molar-refractivity contribution in [2.75, 3.05) is 13.2 Å². The highest BCUT2D eigenvalue weighted by Gasteiger charge is 2.38.